The molecule has 0 spiro atoms. The normalized spacial score (nSPS) is 14.4. The summed E-state index contributed by atoms with van der Waals surface area (Å²) in [4.78, 5) is 1.38. The molecule has 1 heterocycles. The van der Waals surface area contributed by atoms with Crippen LogP contribution in [0.1, 0.15) is 44.2 Å². The molecule has 0 radical (unpaired) electrons. The van der Waals surface area contributed by atoms with Crippen molar-refractivity contribution < 1.29 is 0 Å². The largest absolute Gasteiger partial charge is 0.271 e. The standard InChI is InChI=1S/C11H20N2S/c1-5-8-6-7-14-9(8)10(13-12)11(2,3)4/h6-7,10,13H,5,12H2,1-4H3. The number of aryl methyl sites for hydroxylation is 1. The fraction of sp³-hybridized carbons (Fsp3) is 0.636. The summed E-state index contributed by atoms with van der Waals surface area (Å²) in [7, 11) is 0. The SMILES string of the molecule is CCc1ccsc1C(NN)C(C)(C)C. The fourth-order valence-corrected chi connectivity index (χ4v) is 2.91. The van der Waals surface area contributed by atoms with Crippen molar-refractivity contribution in [2.45, 2.75) is 40.2 Å². The average molecular weight is 212 g/mol. The van der Waals surface area contributed by atoms with E-state index in [-0.39, 0.29) is 11.5 Å². The molecule has 1 rings (SSSR count). The predicted molar refractivity (Wildman–Crippen MR) is 63.2 cm³/mol. The van der Waals surface area contributed by atoms with Gasteiger partial charge in [0, 0.05) is 4.88 Å². The average Bonchev–Trinajstić information content (AvgIpc) is 2.51. The molecule has 3 heteroatoms. The Hall–Kier alpha value is -0.380. The summed E-state index contributed by atoms with van der Waals surface area (Å²) in [5.74, 6) is 5.63. The van der Waals surface area contributed by atoms with Crippen molar-refractivity contribution in [2.75, 3.05) is 0 Å². The first-order valence-electron chi connectivity index (χ1n) is 5.03. The number of hydrogen-bond acceptors (Lipinski definition) is 3. The topological polar surface area (TPSA) is 38.0 Å². The quantitative estimate of drug-likeness (QED) is 0.597. The number of hydrazine groups is 1. The van der Waals surface area contributed by atoms with Crippen molar-refractivity contribution in [3.05, 3.63) is 21.9 Å². The minimum atomic E-state index is 0.156. The van der Waals surface area contributed by atoms with E-state index >= 15 is 0 Å². The van der Waals surface area contributed by atoms with Gasteiger partial charge in [-0.3, -0.25) is 11.3 Å². The molecule has 0 aliphatic carbocycles. The summed E-state index contributed by atoms with van der Waals surface area (Å²) in [5, 5.41) is 2.14. The molecule has 2 nitrogen and oxygen atoms in total. The van der Waals surface area contributed by atoms with Crippen molar-refractivity contribution in [3.8, 4) is 0 Å². The molecular weight excluding hydrogens is 192 g/mol. The lowest BCUT2D eigenvalue weighted by atomic mass is 9.85. The Kier molecular flexibility index (Phi) is 3.70. The zero-order chi connectivity index (χ0) is 10.8. The van der Waals surface area contributed by atoms with E-state index in [1.807, 2.05) is 0 Å². The summed E-state index contributed by atoms with van der Waals surface area (Å²) >= 11 is 1.79. The molecule has 0 saturated carbocycles. The summed E-state index contributed by atoms with van der Waals surface area (Å²) < 4.78 is 0. The van der Waals surface area contributed by atoms with Crippen LogP contribution in [0.25, 0.3) is 0 Å². The monoisotopic (exact) mass is 212 g/mol. The Morgan fingerprint density at radius 2 is 2.14 bits per heavy atom. The van der Waals surface area contributed by atoms with E-state index in [9.17, 15) is 0 Å². The molecule has 80 valence electrons. The van der Waals surface area contributed by atoms with Crippen LogP contribution in [0.5, 0.6) is 0 Å². The second kappa shape index (κ2) is 4.43. The maximum absolute atomic E-state index is 5.63. The van der Waals surface area contributed by atoms with E-state index in [0.29, 0.717) is 0 Å². The molecule has 0 fully saturated rings. The van der Waals surface area contributed by atoms with Gasteiger partial charge in [-0.25, -0.2) is 0 Å². The van der Waals surface area contributed by atoms with Crippen molar-refractivity contribution in [1.82, 2.24) is 5.43 Å². The van der Waals surface area contributed by atoms with E-state index in [2.05, 4.69) is 44.6 Å². The zero-order valence-corrected chi connectivity index (χ0v) is 10.2. The fourth-order valence-electron chi connectivity index (χ4n) is 1.61. The molecule has 0 bridgehead atoms. The lowest BCUT2D eigenvalue weighted by molar-refractivity contribution is 0.278. The molecular formula is C11H20N2S. The van der Waals surface area contributed by atoms with Crippen LogP contribution in [0.4, 0.5) is 0 Å². The summed E-state index contributed by atoms with van der Waals surface area (Å²) in [6.07, 6.45) is 1.08. The van der Waals surface area contributed by atoms with Gasteiger partial charge in [0.15, 0.2) is 0 Å². The van der Waals surface area contributed by atoms with E-state index in [0.717, 1.165) is 6.42 Å². The third-order valence-electron chi connectivity index (χ3n) is 2.46. The van der Waals surface area contributed by atoms with Gasteiger partial charge in [-0.05, 0) is 28.8 Å². The molecule has 1 unspecified atom stereocenters. The molecule has 0 saturated heterocycles. The molecule has 1 atom stereocenters. The maximum Gasteiger partial charge on any atom is 0.0604 e. The van der Waals surface area contributed by atoms with Gasteiger partial charge < -0.3 is 0 Å². The van der Waals surface area contributed by atoms with E-state index in [1.165, 1.54) is 10.4 Å². The van der Waals surface area contributed by atoms with Crippen molar-refractivity contribution in [2.24, 2.45) is 11.3 Å². The second-order valence-corrected chi connectivity index (χ2v) is 5.58. The highest BCUT2D eigenvalue weighted by Crippen LogP contribution is 2.36. The van der Waals surface area contributed by atoms with E-state index in [1.54, 1.807) is 11.3 Å². The van der Waals surface area contributed by atoms with Crippen LogP contribution < -0.4 is 11.3 Å². The van der Waals surface area contributed by atoms with Gasteiger partial charge in [0.2, 0.25) is 0 Å². The molecule has 1 aromatic rings. The molecule has 0 aliphatic rings. The molecule has 14 heavy (non-hydrogen) atoms. The Morgan fingerprint density at radius 3 is 2.57 bits per heavy atom. The second-order valence-electron chi connectivity index (χ2n) is 4.63. The minimum Gasteiger partial charge on any atom is -0.271 e. The Bertz CT molecular complexity index is 286. The molecule has 0 aliphatic heterocycles. The van der Waals surface area contributed by atoms with Gasteiger partial charge in [-0.15, -0.1) is 11.3 Å². The highest BCUT2D eigenvalue weighted by Gasteiger charge is 2.27. The van der Waals surface area contributed by atoms with E-state index in [4.69, 9.17) is 5.84 Å². The third-order valence-corrected chi connectivity index (χ3v) is 3.48. The van der Waals surface area contributed by atoms with Gasteiger partial charge in [0.1, 0.15) is 0 Å². The first-order valence-corrected chi connectivity index (χ1v) is 5.91. The highest BCUT2D eigenvalue weighted by atomic mass is 32.1. The summed E-state index contributed by atoms with van der Waals surface area (Å²) in [6.45, 7) is 8.80. The van der Waals surface area contributed by atoms with Crippen LogP contribution in [0, 0.1) is 5.41 Å². The van der Waals surface area contributed by atoms with Crippen LogP contribution in [-0.4, -0.2) is 0 Å². The van der Waals surface area contributed by atoms with Gasteiger partial charge in [0.25, 0.3) is 0 Å². The first-order chi connectivity index (χ1) is 6.50. The first kappa shape index (κ1) is 11.7. The molecule has 0 amide bonds. The minimum absolute atomic E-state index is 0.156. The number of nitrogens with two attached hydrogens (primary N) is 1. The maximum atomic E-state index is 5.63. The molecule has 0 aromatic carbocycles. The highest BCUT2D eigenvalue weighted by molar-refractivity contribution is 7.10. The van der Waals surface area contributed by atoms with Crippen LogP contribution >= 0.6 is 11.3 Å². The van der Waals surface area contributed by atoms with Crippen LogP contribution in [0.15, 0.2) is 11.4 Å². The Labute approximate surface area is 90.5 Å². The zero-order valence-electron chi connectivity index (χ0n) is 9.42. The number of hydrogen-bond donors (Lipinski definition) is 2. The molecule has 1 aromatic heterocycles. The number of rotatable bonds is 3. The van der Waals surface area contributed by atoms with Crippen LogP contribution in [-0.2, 0) is 6.42 Å². The summed E-state index contributed by atoms with van der Waals surface area (Å²) in [5.41, 5.74) is 4.50. The molecule has 3 N–H and O–H groups in total. The smallest absolute Gasteiger partial charge is 0.0604 e. The van der Waals surface area contributed by atoms with Gasteiger partial charge >= 0.3 is 0 Å². The van der Waals surface area contributed by atoms with E-state index < -0.39 is 0 Å². The number of thiophene rings is 1. The predicted octanol–water partition coefficient (Wildman–Crippen LogP) is 2.86. The van der Waals surface area contributed by atoms with Crippen molar-refractivity contribution in [1.29, 1.82) is 0 Å². The van der Waals surface area contributed by atoms with Crippen LogP contribution in [0.2, 0.25) is 0 Å². The van der Waals surface area contributed by atoms with Gasteiger partial charge in [-0.1, -0.05) is 27.7 Å². The lowest BCUT2D eigenvalue weighted by Gasteiger charge is -2.30. The lowest BCUT2D eigenvalue weighted by Crippen LogP contribution is -2.36. The number of nitrogens with one attached hydrogen (secondary N) is 1. The Morgan fingerprint density at radius 1 is 1.50 bits per heavy atom. The van der Waals surface area contributed by atoms with Gasteiger partial charge in [-0.2, -0.15) is 0 Å². The van der Waals surface area contributed by atoms with Crippen molar-refractivity contribution >= 4 is 11.3 Å². The summed E-state index contributed by atoms with van der Waals surface area (Å²) in [6, 6.07) is 2.44. The van der Waals surface area contributed by atoms with Crippen LogP contribution in [0.3, 0.4) is 0 Å². The van der Waals surface area contributed by atoms with Crippen molar-refractivity contribution in [3.63, 3.8) is 0 Å². The Balaban J connectivity index is 3.01. The van der Waals surface area contributed by atoms with Gasteiger partial charge in [0.05, 0.1) is 6.04 Å². The third kappa shape index (κ3) is 2.35.